The summed E-state index contributed by atoms with van der Waals surface area (Å²) in [4.78, 5) is 29.0. The van der Waals surface area contributed by atoms with Crippen LogP contribution >= 0.6 is 0 Å². The maximum atomic E-state index is 12.3. The van der Waals surface area contributed by atoms with E-state index in [0.29, 0.717) is 40.2 Å². The Balaban J connectivity index is 1.48. The first kappa shape index (κ1) is 26.4. The van der Waals surface area contributed by atoms with Gasteiger partial charge >= 0.3 is 5.97 Å². The molecule has 2 aliphatic rings. The second kappa shape index (κ2) is 12.1. The van der Waals surface area contributed by atoms with Gasteiger partial charge < -0.3 is 15.0 Å². The standard InChI is InChI=1S/C31H41N5O2/c1-4-17-36(20-21(2)22-11-8-12-22)31-34-28-27(18-25(19-32-28)30(37)38-3)29(35-31)33-26-15-13-24(14-16-26)23-9-6-5-7-10-23/h13-16,18-19,21-23H,4-12,17,20H2,1-3H3,(H,32,33,34,35)/t21-/m1/s1. The maximum Gasteiger partial charge on any atom is 0.339 e. The average molecular weight is 516 g/mol. The SMILES string of the molecule is CCCN(C[C@@H](C)C1CCC1)c1nc(Nc2ccc(C3CCCCC3)cc2)c2cc(C(=O)OC)cnc2n1. The van der Waals surface area contributed by atoms with Crippen LogP contribution < -0.4 is 10.2 Å². The third-order valence-corrected chi connectivity index (χ3v) is 8.45. The number of carbonyl (C=O) groups is 1. The number of anilines is 3. The van der Waals surface area contributed by atoms with Crippen molar-refractivity contribution in [2.45, 2.75) is 77.6 Å². The number of benzene rings is 1. The van der Waals surface area contributed by atoms with E-state index in [-0.39, 0.29) is 0 Å². The zero-order valence-corrected chi connectivity index (χ0v) is 23.1. The van der Waals surface area contributed by atoms with E-state index in [4.69, 9.17) is 14.7 Å². The van der Waals surface area contributed by atoms with E-state index in [0.717, 1.165) is 31.1 Å². The minimum atomic E-state index is -0.423. The van der Waals surface area contributed by atoms with E-state index >= 15 is 0 Å². The highest BCUT2D eigenvalue weighted by Gasteiger charge is 2.27. The van der Waals surface area contributed by atoms with Gasteiger partial charge in [0.25, 0.3) is 0 Å². The van der Waals surface area contributed by atoms with Gasteiger partial charge in [-0.3, -0.25) is 0 Å². The maximum absolute atomic E-state index is 12.3. The van der Waals surface area contributed by atoms with E-state index in [1.807, 2.05) is 0 Å². The molecule has 0 spiro atoms. The molecule has 2 heterocycles. The normalized spacial score (nSPS) is 17.1. The fourth-order valence-corrected chi connectivity index (χ4v) is 5.93. The summed E-state index contributed by atoms with van der Waals surface area (Å²) in [5.74, 6) is 2.96. The number of hydrogen-bond acceptors (Lipinski definition) is 7. The van der Waals surface area contributed by atoms with Gasteiger partial charge in [-0.15, -0.1) is 0 Å². The summed E-state index contributed by atoms with van der Waals surface area (Å²) in [6.07, 6.45) is 13.1. The Morgan fingerprint density at radius 2 is 1.84 bits per heavy atom. The Hall–Kier alpha value is -3.22. The minimum Gasteiger partial charge on any atom is -0.465 e. The molecule has 0 saturated heterocycles. The van der Waals surface area contributed by atoms with Gasteiger partial charge in [-0.1, -0.05) is 64.5 Å². The van der Waals surface area contributed by atoms with Crippen LogP contribution in [0.1, 0.15) is 93.5 Å². The number of carbonyl (C=O) groups excluding carboxylic acids is 1. The second-order valence-corrected chi connectivity index (χ2v) is 11.2. The summed E-state index contributed by atoms with van der Waals surface area (Å²) >= 11 is 0. The number of hydrogen-bond donors (Lipinski definition) is 1. The van der Waals surface area contributed by atoms with Crippen molar-refractivity contribution in [3.63, 3.8) is 0 Å². The van der Waals surface area contributed by atoms with Crippen molar-refractivity contribution in [1.29, 1.82) is 0 Å². The van der Waals surface area contributed by atoms with Crippen molar-refractivity contribution < 1.29 is 9.53 Å². The predicted octanol–water partition coefficient (Wildman–Crippen LogP) is 7.26. The van der Waals surface area contributed by atoms with Gasteiger partial charge in [0.2, 0.25) is 5.95 Å². The van der Waals surface area contributed by atoms with Gasteiger partial charge in [0.15, 0.2) is 5.65 Å². The first-order chi connectivity index (χ1) is 18.6. The molecule has 38 heavy (non-hydrogen) atoms. The number of aromatic nitrogens is 3. The molecule has 7 nitrogen and oxygen atoms in total. The fourth-order valence-electron chi connectivity index (χ4n) is 5.93. The lowest BCUT2D eigenvalue weighted by molar-refractivity contribution is 0.0600. The summed E-state index contributed by atoms with van der Waals surface area (Å²) in [5.41, 5.74) is 3.33. The molecule has 7 heteroatoms. The molecule has 5 rings (SSSR count). The Morgan fingerprint density at radius 1 is 1.08 bits per heavy atom. The van der Waals surface area contributed by atoms with Crippen LogP contribution in [0.4, 0.5) is 17.5 Å². The van der Waals surface area contributed by atoms with Crippen LogP contribution in [-0.4, -0.2) is 41.1 Å². The number of methoxy groups -OCH3 is 1. The first-order valence-electron chi connectivity index (χ1n) is 14.4. The zero-order valence-electron chi connectivity index (χ0n) is 23.1. The molecule has 2 aromatic heterocycles. The van der Waals surface area contributed by atoms with Crippen molar-refractivity contribution in [3.8, 4) is 0 Å². The Kier molecular flexibility index (Phi) is 8.40. The van der Waals surface area contributed by atoms with Gasteiger partial charge in [0.05, 0.1) is 18.1 Å². The molecule has 1 N–H and O–H groups in total. The Morgan fingerprint density at radius 3 is 2.50 bits per heavy atom. The van der Waals surface area contributed by atoms with E-state index in [1.54, 1.807) is 6.07 Å². The van der Waals surface area contributed by atoms with Gasteiger partial charge in [-0.2, -0.15) is 9.97 Å². The molecule has 1 atom stereocenters. The van der Waals surface area contributed by atoms with Crippen molar-refractivity contribution in [3.05, 3.63) is 47.7 Å². The minimum absolute atomic E-state index is 0.385. The van der Waals surface area contributed by atoms with Crippen LogP contribution in [0.3, 0.4) is 0 Å². The number of nitrogens with one attached hydrogen (secondary N) is 1. The van der Waals surface area contributed by atoms with Crippen molar-refractivity contribution in [2.24, 2.45) is 11.8 Å². The molecular weight excluding hydrogens is 474 g/mol. The molecule has 0 radical (unpaired) electrons. The molecule has 1 aromatic carbocycles. The summed E-state index contributed by atoms with van der Waals surface area (Å²) < 4.78 is 4.94. The summed E-state index contributed by atoms with van der Waals surface area (Å²) in [6, 6.07) is 10.5. The molecule has 0 unspecified atom stereocenters. The number of nitrogens with zero attached hydrogens (tertiary/aromatic N) is 4. The monoisotopic (exact) mass is 515 g/mol. The molecule has 202 valence electrons. The van der Waals surface area contributed by atoms with Crippen molar-refractivity contribution in [2.75, 3.05) is 30.4 Å². The van der Waals surface area contributed by atoms with E-state index in [9.17, 15) is 4.79 Å². The van der Waals surface area contributed by atoms with Crippen molar-refractivity contribution in [1.82, 2.24) is 15.0 Å². The highest BCUT2D eigenvalue weighted by atomic mass is 16.5. The highest BCUT2D eigenvalue weighted by Crippen LogP contribution is 2.35. The topological polar surface area (TPSA) is 80.2 Å². The lowest BCUT2D eigenvalue weighted by atomic mass is 9.76. The quantitative estimate of drug-likeness (QED) is 0.285. The Bertz CT molecular complexity index is 1230. The van der Waals surface area contributed by atoms with Crippen LogP contribution in [0.2, 0.25) is 0 Å². The number of pyridine rings is 1. The van der Waals surface area contributed by atoms with E-state index < -0.39 is 5.97 Å². The first-order valence-corrected chi connectivity index (χ1v) is 14.4. The number of ether oxygens (including phenoxy) is 1. The largest absolute Gasteiger partial charge is 0.465 e. The van der Waals surface area contributed by atoms with Gasteiger partial charge in [-0.25, -0.2) is 9.78 Å². The van der Waals surface area contributed by atoms with E-state index in [2.05, 4.69) is 53.3 Å². The molecule has 0 amide bonds. The number of rotatable bonds is 10. The zero-order chi connectivity index (χ0) is 26.5. The summed E-state index contributed by atoms with van der Waals surface area (Å²) in [5, 5.41) is 4.23. The summed E-state index contributed by atoms with van der Waals surface area (Å²) in [7, 11) is 1.38. The van der Waals surface area contributed by atoms with Gasteiger partial charge in [-0.05, 0) is 60.8 Å². The third kappa shape index (κ3) is 5.92. The van der Waals surface area contributed by atoms with Gasteiger partial charge in [0.1, 0.15) is 5.82 Å². The highest BCUT2D eigenvalue weighted by molar-refractivity contribution is 5.97. The molecule has 2 saturated carbocycles. The van der Waals surface area contributed by atoms with Gasteiger partial charge in [0, 0.05) is 25.0 Å². The lowest BCUT2D eigenvalue weighted by Crippen LogP contribution is -2.35. The fraction of sp³-hybridized carbons (Fsp3) is 0.548. The van der Waals surface area contributed by atoms with Crippen LogP contribution in [0.25, 0.3) is 11.0 Å². The molecule has 3 aromatic rings. The second-order valence-electron chi connectivity index (χ2n) is 11.2. The van der Waals surface area contributed by atoms with Crippen molar-refractivity contribution >= 4 is 34.5 Å². The smallest absolute Gasteiger partial charge is 0.339 e. The average Bonchev–Trinajstić information content (AvgIpc) is 2.92. The van der Waals surface area contributed by atoms with Crippen LogP contribution in [0.5, 0.6) is 0 Å². The molecule has 2 aliphatic carbocycles. The molecular formula is C31H41N5O2. The third-order valence-electron chi connectivity index (χ3n) is 8.45. The predicted molar refractivity (Wildman–Crippen MR) is 153 cm³/mol. The number of esters is 1. The lowest BCUT2D eigenvalue weighted by Gasteiger charge is -2.35. The number of fused-ring (bicyclic) bond motifs is 1. The van der Waals surface area contributed by atoms with Crippen LogP contribution in [-0.2, 0) is 4.74 Å². The molecule has 0 bridgehead atoms. The molecule has 0 aliphatic heterocycles. The molecule has 2 fully saturated rings. The van der Waals surface area contributed by atoms with Crippen LogP contribution in [0.15, 0.2) is 36.5 Å². The Labute approximate surface area is 226 Å². The summed E-state index contributed by atoms with van der Waals surface area (Å²) in [6.45, 7) is 6.36. The van der Waals surface area contributed by atoms with E-state index in [1.165, 1.54) is 70.2 Å². The van der Waals surface area contributed by atoms with Crippen LogP contribution in [0, 0.1) is 11.8 Å².